The first-order valence-corrected chi connectivity index (χ1v) is 20.7. The molecule has 2 aromatic heterocycles. The highest BCUT2D eigenvalue weighted by atomic mass is 16.2. The molecule has 11 nitrogen and oxygen atoms in total. The average Bonchev–Trinajstić information content (AvgIpc) is 3.13. The summed E-state index contributed by atoms with van der Waals surface area (Å²) >= 11 is 0. The summed E-state index contributed by atoms with van der Waals surface area (Å²) in [4.78, 5) is 52.2. The van der Waals surface area contributed by atoms with Crippen LogP contribution in [-0.4, -0.2) is 78.2 Å². The molecule has 11 heteroatoms. The number of H-pyrrole nitrogens is 1. The van der Waals surface area contributed by atoms with Crippen molar-refractivity contribution in [1.82, 2.24) is 25.5 Å². The van der Waals surface area contributed by atoms with E-state index < -0.39 is 0 Å². The summed E-state index contributed by atoms with van der Waals surface area (Å²) in [7, 11) is 0. The fourth-order valence-corrected chi connectivity index (χ4v) is 10.6. The molecule has 1 aromatic carbocycles. The van der Waals surface area contributed by atoms with Crippen LogP contribution in [-0.2, 0) is 17.8 Å². The van der Waals surface area contributed by atoms with Crippen molar-refractivity contribution in [2.24, 2.45) is 23.2 Å². The highest BCUT2D eigenvalue weighted by Gasteiger charge is 2.51. The molecule has 4 aliphatic carbocycles. The molecule has 2 amide bonds. The van der Waals surface area contributed by atoms with E-state index >= 15 is 0 Å². The molecule has 0 atom stereocenters. The predicted molar refractivity (Wildman–Crippen MR) is 218 cm³/mol. The molecule has 5 fully saturated rings. The maximum absolute atomic E-state index is 13.8. The third-order valence-electron chi connectivity index (χ3n) is 12.7. The number of nitrogens with one attached hydrogen (secondary N) is 4. The Balaban J connectivity index is 0.957. The largest absolute Gasteiger partial charge is 0.355 e. The second kappa shape index (κ2) is 16.8. The molecule has 4 bridgehead atoms. The Morgan fingerprint density at radius 3 is 2.35 bits per heavy atom. The number of hydrogen-bond donors (Lipinski definition) is 5. The third-order valence-corrected chi connectivity index (χ3v) is 12.7. The molecule has 0 radical (unpaired) electrons. The quantitative estimate of drug-likeness (QED) is 0.108. The molecule has 0 unspecified atom stereocenters. The number of hydrogen-bond acceptors (Lipinski definition) is 7. The van der Waals surface area contributed by atoms with E-state index in [1.165, 1.54) is 44.7 Å². The number of rotatable bonds is 15. The minimum absolute atomic E-state index is 0.106. The number of benzene rings is 1. The van der Waals surface area contributed by atoms with Gasteiger partial charge in [-0.3, -0.25) is 19.3 Å². The number of amides is 2. The lowest BCUT2D eigenvalue weighted by molar-refractivity contribution is -0.603. The lowest BCUT2D eigenvalue weighted by atomic mass is 9.49. The van der Waals surface area contributed by atoms with Gasteiger partial charge in [0.05, 0.1) is 17.2 Å². The number of quaternary nitrogens is 1. The van der Waals surface area contributed by atoms with Crippen LogP contribution in [0.15, 0.2) is 41.3 Å². The normalized spacial score (nSPS) is 23.3. The maximum Gasteiger partial charge on any atom is 0.253 e. The molecule has 1 aliphatic heterocycles. The number of carbonyl (C=O) groups is 2. The standard InChI is InChI=1S/C44H60N8O3/c1-5-6-33-15-29(4)50-43(55)38(33)27-48-42(54)36-19-35(20-39(37(36)25-45)49-28(2)3)34-7-8-40(47-26-34)52-13-11-51(12-14-52)10-9-46-41(53)24-44-21-30-16-31(22-44)18-32(17-30)23-44/h7-8,15,19-20,25-26,28,30-32,45,49H,5-6,9-14,16-18,21-24,27H2,1-4H3,(H,46,53)(H,48,54)(H,50,55)/p+1. The van der Waals surface area contributed by atoms with Gasteiger partial charge in [-0.05, 0) is 124 Å². The van der Waals surface area contributed by atoms with Crippen molar-refractivity contribution >= 4 is 29.5 Å². The second-order valence-electron chi connectivity index (χ2n) is 17.5. The van der Waals surface area contributed by atoms with Gasteiger partial charge in [-0.15, -0.1) is 0 Å². The number of aromatic amines is 1. The molecule has 8 rings (SSSR count). The van der Waals surface area contributed by atoms with E-state index in [1.54, 1.807) is 0 Å². The number of piperazine rings is 1. The van der Waals surface area contributed by atoms with E-state index in [9.17, 15) is 14.4 Å². The maximum atomic E-state index is 13.8. The lowest BCUT2D eigenvalue weighted by Gasteiger charge is -2.56. The van der Waals surface area contributed by atoms with Crippen LogP contribution in [0, 0.1) is 35.5 Å². The zero-order chi connectivity index (χ0) is 38.7. The van der Waals surface area contributed by atoms with E-state index in [4.69, 9.17) is 10.4 Å². The van der Waals surface area contributed by atoms with Gasteiger partial charge in [-0.1, -0.05) is 13.3 Å². The zero-order valence-corrected chi connectivity index (χ0v) is 33.3. The Morgan fingerprint density at radius 1 is 1.02 bits per heavy atom. The van der Waals surface area contributed by atoms with Crippen molar-refractivity contribution < 1.29 is 14.9 Å². The van der Waals surface area contributed by atoms with E-state index in [0.29, 0.717) is 23.2 Å². The van der Waals surface area contributed by atoms with Crippen LogP contribution in [0.1, 0.15) is 105 Å². The molecule has 55 heavy (non-hydrogen) atoms. The number of aromatic nitrogens is 2. The fourth-order valence-electron chi connectivity index (χ4n) is 10.6. The van der Waals surface area contributed by atoms with Crippen LogP contribution in [0.5, 0.6) is 0 Å². The number of aryl methyl sites for hydroxylation is 2. The Labute approximate surface area is 326 Å². The molecular weight excluding hydrogens is 689 g/mol. The molecule has 0 spiro atoms. The molecule has 1 saturated heterocycles. The van der Waals surface area contributed by atoms with Gasteiger partial charge in [0.1, 0.15) is 11.5 Å². The van der Waals surface area contributed by atoms with E-state index in [-0.39, 0.29) is 35.4 Å². The smallest absolute Gasteiger partial charge is 0.253 e. The minimum Gasteiger partial charge on any atom is -0.355 e. The molecule has 5 aliphatic rings. The Hall–Kier alpha value is -4.35. The summed E-state index contributed by atoms with van der Waals surface area (Å²) in [5.41, 5.74) is 5.90. The summed E-state index contributed by atoms with van der Waals surface area (Å²) < 4.78 is 0. The van der Waals surface area contributed by atoms with Crippen molar-refractivity contribution in [2.45, 2.75) is 98.1 Å². The highest BCUT2D eigenvalue weighted by Crippen LogP contribution is 2.61. The van der Waals surface area contributed by atoms with Gasteiger partial charge in [-0.25, -0.2) is 4.98 Å². The molecule has 4 saturated carbocycles. The van der Waals surface area contributed by atoms with E-state index in [0.717, 1.165) is 104 Å². The van der Waals surface area contributed by atoms with Crippen LogP contribution in [0.25, 0.3) is 11.1 Å². The minimum atomic E-state index is -0.328. The Bertz CT molecular complexity index is 1890. The van der Waals surface area contributed by atoms with Crippen molar-refractivity contribution in [3.8, 4) is 11.1 Å². The highest BCUT2D eigenvalue weighted by molar-refractivity contribution is 6.05. The first-order chi connectivity index (χ1) is 26.5. The van der Waals surface area contributed by atoms with Crippen molar-refractivity contribution in [3.63, 3.8) is 0 Å². The van der Waals surface area contributed by atoms with Gasteiger partial charge < -0.3 is 31.2 Å². The zero-order valence-electron chi connectivity index (χ0n) is 33.3. The number of pyridine rings is 2. The first kappa shape index (κ1) is 38.9. The summed E-state index contributed by atoms with van der Waals surface area (Å²) in [6, 6.07) is 10.1. The summed E-state index contributed by atoms with van der Waals surface area (Å²) in [5, 5.41) is 16.6. The third kappa shape index (κ3) is 9.04. The van der Waals surface area contributed by atoms with E-state index in [2.05, 4.69) is 57.6 Å². The second-order valence-corrected chi connectivity index (χ2v) is 17.5. The number of nitrogens with two attached hydrogens (primary N) is 1. The molecular formula is C44H61N8O3+. The number of carbonyl (C=O) groups excluding carboxylic acids is 2. The average molecular weight is 750 g/mol. The topological polar surface area (TPSA) is 151 Å². The lowest BCUT2D eigenvalue weighted by Crippen LogP contribution is -2.83. The van der Waals surface area contributed by atoms with Gasteiger partial charge in [0.15, 0.2) is 0 Å². The van der Waals surface area contributed by atoms with Gasteiger partial charge >= 0.3 is 0 Å². The number of nitrogens with zero attached hydrogens (tertiary/aromatic N) is 3. The van der Waals surface area contributed by atoms with Gasteiger partial charge in [-0.2, -0.15) is 0 Å². The molecule has 3 heterocycles. The molecule has 3 aromatic rings. The van der Waals surface area contributed by atoms with Crippen LogP contribution < -0.4 is 26.4 Å². The molecule has 294 valence electrons. The predicted octanol–water partition coefficient (Wildman–Crippen LogP) is 5.07. The molecule has 6 N–H and O–H groups in total. The van der Waals surface area contributed by atoms with Gasteiger partial charge in [0.25, 0.3) is 11.5 Å². The summed E-state index contributed by atoms with van der Waals surface area (Å²) in [6.07, 6.45) is 13.5. The first-order valence-electron chi connectivity index (χ1n) is 20.7. The van der Waals surface area contributed by atoms with Crippen molar-refractivity contribution in [2.75, 3.05) is 44.2 Å². The van der Waals surface area contributed by atoms with Gasteiger partial charge in [0, 0.05) is 87.5 Å². The summed E-state index contributed by atoms with van der Waals surface area (Å²) in [5.74, 6) is 3.46. The van der Waals surface area contributed by atoms with Crippen LogP contribution in [0.2, 0.25) is 0 Å². The van der Waals surface area contributed by atoms with Crippen molar-refractivity contribution in [1.29, 1.82) is 5.41 Å². The Kier molecular flexibility index (Phi) is 11.9. The van der Waals surface area contributed by atoms with Gasteiger partial charge in [0.2, 0.25) is 5.91 Å². The fraction of sp³-hybridized carbons (Fsp3) is 0.568. The van der Waals surface area contributed by atoms with Crippen LogP contribution in [0.4, 0.5) is 11.5 Å². The van der Waals surface area contributed by atoms with Crippen LogP contribution in [0.3, 0.4) is 0 Å². The SMILES string of the molecule is CCCc1cc(C)[nH]c(=O)c1CNC(=O)c1cc(-c2ccc(N3CCN(CCNC(=O)CC45CC6CC(CC(C6)C4)C5)CC3)nc2)cc([NH2+]C(C)C)c1C=N. The summed E-state index contributed by atoms with van der Waals surface area (Å²) in [6.45, 7) is 13.3. The number of anilines is 1. The van der Waals surface area contributed by atoms with Crippen LogP contribution >= 0.6 is 0 Å². The van der Waals surface area contributed by atoms with E-state index in [1.807, 2.05) is 37.4 Å². The monoisotopic (exact) mass is 749 g/mol. The van der Waals surface area contributed by atoms with Crippen molar-refractivity contribution in [3.05, 3.63) is 74.8 Å². The Morgan fingerprint density at radius 2 is 1.73 bits per heavy atom.